The minimum atomic E-state index is -0.259. The van der Waals surface area contributed by atoms with E-state index in [4.69, 9.17) is 0 Å². The molecule has 0 aromatic carbocycles. The van der Waals surface area contributed by atoms with Gasteiger partial charge in [-0.15, -0.1) is 0 Å². The predicted octanol–water partition coefficient (Wildman–Crippen LogP) is 3.27. The zero-order valence-electron chi connectivity index (χ0n) is 16.2. The standard InChI is InChI=1S/C20H30N4O2/c1-13(2)9-18(25)15-5-7-23(8-6-15)20(26)16-10-17-19(21-11-16)24(12-22-17)14(3)4/h10-15,18,25H,5-9H2,1-4H3. The van der Waals surface area contributed by atoms with E-state index in [1.54, 1.807) is 12.5 Å². The third-order valence-electron chi connectivity index (χ3n) is 5.30. The highest BCUT2D eigenvalue weighted by atomic mass is 16.3. The summed E-state index contributed by atoms with van der Waals surface area (Å²) in [5, 5.41) is 10.3. The molecule has 2 aromatic heterocycles. The fraction of sp³-hybridized carbons (Fsp3) is 0.650. The van der Waals surface area contributed by atoms with E-state index in [0.717, 1.165) is 30.4 Å². The van der Waals surface area contributed by atoms with Crippen LogP contribution in [0.1, 0.15) is 63.4 Å². The van der Waals surface area contributed by atoms with Gasteiger partial charge in [0.15, 0.2) is 5.65 Å². The number of imidazole rings is 1. The summed E-state index contributed by atoms with van der Waals surface area (Å²) in [6.07, 6.45) is 5.72. The first-order valence-electron chi connectivity index (χ1n) is 9.66. The number of aliphatic hydroxyl groups excluding tert-OH is 1. The van der Waals surface area contributed by atoms with Crippen molar-refractivity contribution in [2.24, 2.45) is 11.8 Å². The van der Waals surface area contributed by atoms with E-state index in [1.165, 1.54) is 0 Å². The molecule has 0 aliphatic carbocycles. The van der Waals surface area contributed by atoms with E-state index in [0.29, 0.717) is 30.5 Å². The zero-order valence-corrected chi connectivity index (χ0v) is 16.2. The molecule has 1 aliphatic heterocycles. The molecule has 1 N–H and O–H groups in total. The van der Waals surface area contributed by atoms with Crippen molar-refractivity contribution in [2.45, 2.75) is 59.1 Å². The number of hydrogen-bond acceptors (Lipinski definition) is 4. The van der Waals surface area contributed by atoms with Gasteiger partial charge in [-0.25, -0.2) is 9.97 Å². The first-order valence-corrected chi connectivity index (χ1v) is 9.66. The van der Waals surface area contributed by atoms with E-state index < -0.39 is 0 Å². The van der Waals surface area contributed by atoms with Crippen LogP contribution >= 0.6 is 0 Å². The first kappa shape index (κ1) is 18.8. The zero-order chi connectivity index (χ0) is 18.8. The lowest BCUT2D eigenvalue weighted by Gasteiger charge is -2.34. The Bertz CT molecular complexity index is 760. The Morgan fingerprint density at radius 3 is 2.54 bits per heavy atom. The van der Waals surface area contributed by atoms with Crippen LogP contribution < -0.4 is 0 Å². The van der Waals surface area contributed by atoms with Crippen LogP contribution in [0.5, 0.6) is 0 Å². The Hall–Kier alpha value is -1.95. The second-order valence-electron chi connectivity index (χ2n) is 8.14. The third-order valence-corrected chi connectivity index (χ3v) is 5.30. The number of carbonyl (C=O) groups excluding carboxylic acids is 1. The van der Waals surface area contributed by atoms with Gasteiger partial charge in [-0.05, 0) is 51.0 Å². The predicted molar refractivity (Wildman–Crippen MR) is 102 cm³/mol. The van der Waals surface area contributed by atoms with Gasteiger partial charge in [0.25, 0.3) is 5.91 Å². The molecule has 3 heterocycles. The van der Waals surface area contributed by atoms with Crippen molar-refractivity contribution in [3.05, 3.63) is 24.2 Å². The summed E-state index contributed by atoms with van der Waals surface area (Å²) in [5.74, 6) is 0.798. The Balaban J connectivity index is 1.66. The minimum absolute atomic E-state index is 0.00953. The van der Waals surface area contributed by atoms with Gasteiger partial charge in [0, 0.05) is 25.3 Å². The summed E-state index contributed by atoms with van der Waals surface area (Å²) in [6.45, 7) is 9.81. The average molecular weight is 358 g/mol. The van der Waals surface area contributed by atoms with Crippen LogP contribution in [0, 0.1) is 11.8 Å². The molecule has 1 saturated heterocycles. The Morgan fingerprint density at radius 1 is 1.23 bits per heavy atom. The van der Waals surface area contributed by atoms with Crippen LogP contribution in [-0.2, 0) is 0 Å². The fourth-order valence-electron chi connectivity index (χ4n) is 3.76. The number of piperidine rings is 1. The third kappa shape index (κ3) is 3.90. The Kier molecular flexibility index (Phi) is 5.61. The largest absolute Gasteiger partial charge is 0.393 e. The highest BCUT2D eigenvalue weighted by molar-refractivity contribution is 5.96. The number of fused-ring (bicyclic) bond motifs is 1. The van der Waals surface area contributed by atoms with Gasteiger partial charge < -0.3 is 14.6 Å². The molecule has 0 spiro atoms. The summed E-state index contributed by atoms with van der Waals surface area (Å²) < 4.78 is 2.01. The topological polar surface area (TPSA) is 71.2 Å². The second kappa shape index (κ2) is 7.74. The SMILES string of the molecule is CC(C)CC(O)C1CCN(C(=O)c2cnc3c(c2)ncn3C(C)C)CC1. The number of carbonyl (C=O) groups is 1. The van der Waals surface area contributed by atoms with Gasteiger partial charge in [-0.2, -0.15) is 0 Å². The molecule has 142 valence electrons. The van der Waals surface area contributed by atoms with Gasteiger partial charge in [0.05, 0.1) is 18.0 Å². The van der Waals surface area contributed by atoms with Gasteiger partial charge >= 0.3 is 0 Å². The molecule has 6 nitrogen and oxygen atoms in total. The molecule has 6 heteroatoms. The summed E-state index contributed by atoms with van der Waals surface area (Å²) >= 11 is 0. The fourth-order valence-corrected chi connectivity index (χ4v) is 3.76. The van der Waals surface area contributed by atoms with Gasteiger partial charge in [0.2, 0.25) is 0 Å². The molecule has 1 amide bonds. The van der Waals surface area contributed by atoms with Gasteiger partial charge in [0.1, 0.15) is 5.52 Å². The summed E-state index contributed by atoms with van der Waals surface area (Å²) in [7, 11) is 0. The Morgan fingerprint density at radius 2 is 1.92 bits per heavy atom. The molecule has 1 atom stereocenters. The Labute approximate surface area is 155 Å². The summed E-state index contributed by atoms with van der Waals surface area (Å²) in [5.41, 5.74) is 2.16. The number of aliphatic hydroxyl groups is 1. The number of rotatable bonds is 5. The smallest absolute Gasteiger partial charge is 0.255 e. The lowest BCUT2D eigenvalue weighted by Crippen LogP contribution is -2.41. The van der Waals surface area contributed by atoms with Crippen LogP contribution in [-0.4, -0.2) is 49.6 Å². The lowest BCUT2D eigenvalue weighted by molar-refractivity contribution is 0.0385. The maximum Gasteiger partial charge on any atom is 0.255 e. The molecule has 2 aromatic rings. The first-order chi connectivity index (χ1) is 12.4. The average Bonchev–Trinajstić information content (AvgIpc) is 3.04. The lowest BCUT2D eigenvalue weighted by atomic mass is 9.87. The van der Waals surface area contributed by atoms with Crippen molar-refractivity contribution in [3.63, 3.8) is 0 Å². The maximum atomic E-state index is 12.8. The van der Waals surface area contributed by atoms with Crippen molar-refractivity contribution in [1.82, 2.24) is 19.4 Å². The number of likely N-dealkylation sites (tertiary alicyclic amines) is 1. The molecule has 1 unspecified atom stereocenters. The molecule has 0 bridgehead atoms. The van der Waals surface area contributed by atoms with Crippen molar-refractivity contribution in [1.29, 1.82) is 0 Å². The van der Waals surface area contributed by atoms with Crippen molar-refractivity contribution in [2.75, 3.05) is 13.1 Å². The van der Waals surface area contributed by atoms with E-state index in [9.17, 15) is 9.90 Å². The monoisotopic (exact) mass is 358 g/mol. The van der Waals surface area contributed by atoms with Gasteiger partial charge in [-0.3, -0.25) is 4.79 Å². The van der Waals surface area contributed by atoms with Gasteiger partial charge in [-0.1, -0.05) is 13.8 Å². The van der Waals surface area contributed by atoms with Crippen molar-refractivity contribution < 1.29 is 9.90 Å². The summed E-state index contributed by atoms with van der Waals surface area (Å²) in [4.78, 5) is 23.6. The van der Waals surface area contributed by atoms with E-state index >= 15 is 0 Å². The molecule has 1 fully saturated rings. The highest BCUT2D eigenvalue weighted by Gasteiger charge is 2.28. The number of nitrogens with zero attached hydrogens (tertiary/aromatic N) is 4. The van der Waals surface area contributed by atoms with E-state index in [2.05, 4.69) is 37.7 Å². The number of aromatic nitrogens is 3. The quantitative estimate of drug-likeness (QED) is 0.890. The van der Waals surface area contributed by atoms with Crippen molar-refractivity contribution in [3.8, 4) is 0 Å². The van der Waals surface area contributed by atoms with Crippen LogP contribution in [0.25, 0.3) is 11.2 Å². The highest BCUT2D eigenvalue weighted by Crippen LogP contribution is 2.26. The molecule has 1 aliphatic rings. The summed E-state index contributed by atoms with van der Waals surface area (Å²) in [6, 6.07) is 2.12. The van der Waals surface area contributed by atoms with Crippen LogP contribution in [0.2, 0.25) is 0 Å². The van der Waals surface area contributed by atoms with Crippen LogP contribution in [0.15, 0.2) is 18.6 Å². The molecular formula is C20H30N4O2. The number of amides is 1. The molecule has 0 radical (unpaired) electrons. The number of hydrogen-bond donors (Lipinski definition) is 1. The van der Waals surface area contributed by atoms with Crippen molar-refractivity contribution >= 4 is 17.1 Å². The normalized spacial score (nSPS) is 17.4. The van der Waals surface area contributed by atoms with Crippen LogP contribution in [0.3, 0.4) is 0 Å². The van der Waals surface area contributed by atoms with Crippen LogP contribution in [0.4, 0.5) is 0 Å². The second-order valence-corrected chi connectivity index (χ2v) is 8.14. The molecule has 26 heavy (non-hydrogen) atoms. The maximum absolute atomic E-state index is 12.8. The minimum Gasteiger partial charge on any atom is -0.393 e. The molecular weight excluding hydrogens is 328 g/mol. The molecule has 0 saturated carbocycles. The van der Waals surface area contributed by atoms with E-state index in [-0.39, 0.29) is 18.1 Å². The van der Waals surface area contributed by atoms with E-state index in [1.807, 2.05) is 15.5 Å². The molecule has 3 rings (SSSR count). The number of pyridine rings is 1.